The summed E-state index contributed by atoms with van der Waals surface area (Å²) in [5.74, 6) is 0.205. The SMILES string of the molecule is CC(=O)Cc1cc(Br)ccc1C. The lowest BCUT2D eigenvalue weighted by Gasteiger charge is -2.03. The third-order valence-electron chi connectivity index (χ3n) is 1.75. The number of aryl methyl sites for hydroxylation is 1. The Kier molecular flexibility index (Phi) is 3.04. The number of benzene rings is 1. The molecular formula is C10H11BrO. The zero-order valence-corrected chi connectivity index (χ0v) is 8.81. The zero-order valence-electron chi connectivity index (χ0n) is 7.23. The molecule has 0 bridgehead atoms. The van der Waals surface area contributed by atoms with Crippen LogP contribution in [0.1, 0.15) is 18.1 Å². The molecule has 0 aromatic heterocycles. The molecule has 0 aliphatic rings. The van der Waals surface area contributed by atoms with Gasteiger partial charge in [0.25, 0.3) is 0 Å². The molecule has 0 fully saturated rings. The van der Waals surface area contributed by atoms with Gasteiger partial charge in [-0.05, 0) is 37.1 Å². The molecule has 0 atom stereocenters. The first-order chi connectivity index (χ1) is 5.59. The molecular weight excluding hydrogens is 216 g/mol. The minimum absolute atomic E-state index is 0.205. The number of halogens is 1. The van der Waals surface area contributed by atoms with Crippen molar-refractivity contribution in [2.75, 3.05) is 0 Å². The van der Waals surface area contributed by atoms with Crippen molar-refractivity contribution in [2.24, 2.45) is 0 Å². The maximum atomic E-state index is 10.9. The Morgan fingerprint density at radius 1 is 1.50 bits per heavy atom. The zero-order chi connectivity index (χ0) is 9.14. The second-order valence-electron chi connectivity index (χ2n) is 2.95. The average Bonchev–Trinajstić information content (AvgIpc) is 1.96. The molecule has 0 spiro atoms. The minimum Gasteiger partial charge on any atom is -0.300 e. The van der Waals surface area contributed by atoms with Crippen molar-refractivity contribution in [2.45, 2.75) is 20.3 Å². The number of hydrogen-bond acceptors (Lipinski definition) is 1. The molecule has 0 saturated carbocycles. The highest BCUT2D eigenvalue weighted by atomic mass is 79.9. The van der Waals surface area contributed by atoms with Crippen LogP contribution in [0.4, 0.5) is 0 Å². The summed E-state index contributed by atoms with van der Waals surface area (Å²) in [6.45, 7) is 3.63. The smallest absolute Gasteiger partial charge is 0.134 e. The van der Waals surface area contributed by atoms with E-state index in [9.17, 15) is 4.79 Å². The van der Waals surface area contributed by atoms with E-state index in [0.29, 0.717) is 6.42 Å². The molecule has 0 N–H and O–H groups in total. The Labute approximate surface area is 80.9 Å². The van der Waals surface area contributed by atoms with Crippen molar-refractivity contribution in [1.82, 2.24) is 0 Å². The molecule has 0 heterocycles. The van der Waals surface area contributed by atoms with E-state index < -0.39 is 0 Å². The first kappa shape index (κ1) is 9.46. The van der Waals surface area contributed by atoms with E-state index in [0.717, 1.165) is 10.0 Å². The number of carbonyl (C=O) groups excluding carboxylic acids is 1. The Morgan fingerprint density at radius 2 is 2.17 bits per heavy atom. The Morgan fingerprint density at radius 3 is 2.75 bits per heavy atom. The summed E-state index contributed by atoms with van der Waals surface area (Å²) in [4.78, 5) is 10.9. The molecule has 1 aromatic rings. The third kappa shape index (κ3) is 2.45. The predicted molar refractivity (Wildman–Crippen MR) is 53.3 cm³/mol. The van der Waals surface area contributed by atoms with E-state index in [-0.39, 0.29) is 5.78 Å². The maximum Gasteiger partial charge on any atom is 0.134 e. The van der Waals surface area contributed by atoms with Gasteiger partial charge in [0, 0.05) is 10.9 Å². The van der Waals surface area contributed by atoms with Gasteiger partial charge in [0.1, 0.15) is 5.78 Å². The number of ketones is 1. The van der Waals surface area contributed by atoms with Gasteiger partial charge >= 0.3 is 0 Å². The van der Waals surface area contributed by atoms with Crippen molar-refractivity contribution in [3.05, 3.63) is 33.8 Å². The van der Waals surface area contributed by atoms with Gasteiger partial charge in [-0.1, -0.05) is 22.0 Å². The quantitative estimate of drug-likeness (QED) is 0.759. The Hall–Kier alpha value is -0.630. The normalized spacial score (nSPS) is 9.92. The summed E-state index contributed by atoms with van der Waals surface area (Å²) >= 11 is 3.37. The van der Waals surface area contributed by atoms with Gasteiger partial charge in [0.05, 0.1) is 0 Å². The standard InChI is InChI=1S/C10H11BrO/c1-7-3-4-10(11)6-9(7)5-8(2)12/h3-4,6H,5H2,1-2H3. The summed E-state index contributed by atoms with van der Waals surface area (Å²) in [6, 6.07) is 6.00. The molecule has 12 heavy (non-hydrogen) atoms. The summed E-state index contributed by atoms with van der Waals surface area (Å²) < 4.78 is 1.03. The van der Waals surface area contributed by atoms with Crippen molar-refractivity contribution >= 4 is 21.7 Å². The lowest BCUT2D eigenvalue weighted by Crippen LogP contribution is -1.98. The fourth-order valence-corrected chi connectivity index (χ4v) is 1.51. The van der Waals surface area contributed by atoms with Gasteiger partial charge < -0.3 is 0 Å². The van der Waals surface area contributed by atoms with Gasteiger partial charge in [-0.25, -0.2) is 0 Å². The van der Waals surface area contributed by atoms with E-state index in [1.54, 1.807) is 6.92 Å². The third-order valence-corrected chi connectivity index (χ3v) is 2.24. The van der Waals surface area contributed by atoms with Crippen LogP contribution in [0.2, 0.25) is 0 Å². The number of Topliss-reactive ketones (excluding diaryl/α,β-unsaturated/α-hetero) is 1. The van der Waals surface area contributed by atoms with Crippen LogP contribution in [0.5, 0.6) is 0 Å². The van der Waals surface area contributed by atoms with Crippen LogP contribution < -0.4 is 0 Å². The summed E-state index contributed by atoms with van der Waals surface area (Å²) in [5, 5.41) is 0. The van der Waals surface area contributed by atoms with Gasteiger partial charge in [0.15, 0.2) is 0 Å². The van der Waals surface area contributed by atoms with E-state index in [4.69, 9.17) is 0 Å². The summed E-state index contributed by atoms with van der Waals surface area (Å²) in [7, 11) is 0. The summed E-state index contributed by atoms with van der Waals surface area (Å²) in [6.07, 6.45) is 0.533. The second-order valence-corrected chi connectivity index (χ2v) is 3.87. The largest absolute Gasteiger partial charge is 0.300 e. The minimum atomic E-state index is 0.205. The topological polar surface area (TPSA) is 17.1 Å². The van der Waals surface area contributed by atoms with Crippen LogP contribution in [-0.4, -0.2) is 5.78 Å². The van der Waals surface area contributed by atoms with Crippen molar-refractivity contribution < 1.29 is 4.79 Å². The molecule has 2 heteroatoms. The van der Waals surface area contributed by atoms with Crippen LogP contribution in [0.3, 0.4) is 0 Å². The lowest BCUT2D eigenvalue weighted by molar-refractivity contribution is -0.116. The lowest BCUT2D eigenvalue weighted by atomic mass is 10.0. The molecule has 0 saturated heterocycles. The van der Waals surface area contributed by atoms with Crippen LogP contribution in [0.25, 0.3) is 0 Å². The van der Waals surface area contributed by atoms with Crippen LogP contribution in [-0.2, 0) is 11.2 Å². The van der Waals surface area contributed by atoms with E-state index in [1.807, 2.05) is 25.1 Å². The van der Waals surface area contributed by atoms with Gasteiger partial charge in [0.2, 0.25) is 0 Å². The van der Waals surface area contributed by atoms with Crippen molar-refractivity contribution in [3.63, 3.8) is 0 Å². The number of hydrogen-bond donors (Lipinski definition) is 0. The highest BCUT2D eigenvalue weighted by Gasteiger charge is 2.01. The fourth-order valence-electron chi connectivity index (χ4n) is 1.10. The maximum absolute atomic E-state index is 10.9. The van der Waals surface area contributed by atoms with Gasteiger partial charge in [-0.2, -0.15) is 0 Å². The van der Waals surface area contributed by atoms with E-state index >= 15 is 0 Å². The number of rotatable bonds is 2. The van der Waals surface area contributed by atoms with E-state index in [2.05, 4.69) is 15.9 Å². The molecule has 1 nitrogen and oxygen atoms in total. The second kappa shape index (κ2) is 3.85. The van der Waals surface area contributed by atoms with E-state index in [1.165, 1.54) is 5.56 Å². The van der Waals surface area contributed by atoms with Crippen molar-refractivity contribution in [3.8, 4) is 0 Å². The predicted octanol–water partition coefficient (Wildman–Crippen LogP) is 2.89. The molecule has 0 amide bonds. The van der Waals surface area contributed by atoms with Crippen LogP contribution in [0, 0.1) is 6.92 Å². The van der Waals surface area contributed by atoms with Crippen molar-refractivity contribution in [1.29, 1.82) is 0 Å². The van der Waals surface area contributed by atoms with Gasteiger partial charge in [-0.15, -0.1) is 0 Å². The monoisotopic (exact) mass is 226 g/mol. The first-order valence-electron chi connectivity index (χ1n) is 3.84. The molecule has 0 radical (unpaired) electrons. The molecule has 0 aliphatic heterocycles. The Bertz CT molecular complexity index is 305. The van der Waals surface area contributed by atoms with Gasteiger partial charge in [-0.3, -0.25) is 4.79 Å². The Balaban J connectivity index is 2.97. The van der Waals surface area contributed by atoms with Crippen LogP contribution >= 0.6 is 15.9 Å². The molecule has 1 aromatic carbocycles. The molecule has 0 unspecified atom stereocenters. The fraction of sp³-hybridized carbons (Fsp3) is 0.300. The highest BCUT2D eigenvalue weighted by Crippen LogP contribution is 2.16. The molecule has 0 aliphatic carbocycles. The average molecular weight is 227 g/mol. The number of carbonyl (C=O) groups is 1. The van der Waals surface area contributed by atoms with Crippen LogP contribution in [0.15, 0.2) is 22.7 Å². The summed E-state index contributed by atoms with van der Waals surface area (Å²) in [5.41, 5.74) is 2.28. The highest BCUT2D eigenvalue weighted by molar-refractivity contribution is 9.10. The molecule has 1 rings (SSSR count). The molecule has 64 valence electrons. The first-order valence-corrected chi connectivity index (χ1v) is 4.63.